The van der Waals surface area contributed by atoms with Crippen molar-refractivity contribution in [2.75, 3.05) is 6.61 Å². The highest BCUT2D eigenvalue weighted by atomic mass is 79.9. The lowest BCUT2D eigenvalue weighted by molar-refractivity contribution is 0.0525. The molecule has 0 spiro atoms. The molecule has 0 saturated heterocycles. The predicted octanol–water partition coefficient (Wildman–Crippen LogP) is 1.99. The van der Waals surface area contributed by atoms with E-state index in [4.69, 9.17) is 15.1 Å². The van der Waals surface area contributed by atoms with E-state index in [1.54, 1.807) is 6.92 Å². The van der Waals surface area contributed by atoms with Crippen molar-refractivity contribution in [2.45, 2.75) is 13.5 Å². The largest absolute Gasteiger partial charge is 0.462 e. The Labute approximate surface area is 102 Å². The van der Waals surface area contributed by atoms with Crippen molar-refractivity contribution >= 4 is 21.9 Å². The van der Waals surface area contributed by atoms with Crippen LogP contribution in [-0.2, 0) is 11.3 Å². The molecule has 1 N–H and O–H groups in total. The predicted molar refractivity (Wildman–Crippen MR) is 60.7 cm³/mol. The van der Waals surface area contributed by atoms with Gasteiger partial charge in [-0.3, -0.25) is 0 Å². The lowest BCUT2D eigenvalue weighted by atomic mass is 10.1. The highest BCUT2D eigenvalue weighted by molar-refractivity contribution is 9.10. The summed E-state index contributed by atoms with van der Waals surface area (Å²) in [5.41, 5.74) is 1.06. The molecule has 0 fully saturated rings. The van der Waals surface area contributed by atoms with E-state index in [0.29, 0.717) is 21.2 Å². The first-order valence-electron chi connectivity index (χ1n) is 4.64. The van der Waals surface area contributed by atoms with Crippen LogP contribution in [-0.4, -0.2) is 17.7 Å². The second kappa shape index (κ2) is 5.64. The summed E-state index contributed by atoms with van der Waals surface area (Å²) in [4.78, 5) is 11.5. The maximum absolute atomic E-state index is 11.5. The number of nitrogens with zero attached hydrogens (tertiary/aromatic N) is 1. The molecule has 0 heterocycles. The van der Waals surface area contributed by atoms with Gasteiger partial charge in [-0.15, -0.1) is 0 Å². The molecule has 1 aromatic rings. The molecule has 0 unspecified atom stereocenters. The normalized spacial score (nSPS) is 9.62. The number of aliphatic hydroxyl groups is 1. The molecule has 0 radical (unpaired) electrons. The third-order valence-electron chi connectivity index (χ3n) is 1.98. The molecule has 4 nitrogen and oxygen atoms in total. The summed E-state index contributed by atoms with van der Waals surface area (Å²) in [7, 11) is 0. The Bertz CT molecular complexity index is 451. The maximum atomic E-state index is 11.5. The van der Waals surface area contributed by atoms with Gasteiger partial charge in [0.05, 0.1) is 30.4 Å². The molecule has 0 aliphatic heterocycles. The van der Waals surface area contributed by atoms with Crippen LogP contribution in [0.15, 0.2) is 16.6 Å². The number of halogens is 1. The van der Waals surface area contributed by atoms with Gasteiger partial charge in [-0.25, -0.2) is 4.79 Å². The summed E-state index contributed by atoms with van der Waals surface area (Å²) in [6, 6.07) is 4.90. The molecule has 5 heteroatoms. The van der Waals surface area contributed by atoms with Gasteiger partial charge < -0.3 is 9.84 Å². The van der Waals surface area contributed by atoms with Crippen LogP contribution in [0.25, 0.3) is 0 Å². The Morgan fingerprint density at radius 3 is 2.81 bits per heavy atom. The van der Waals surface area contributed by atoms with Gasteiger partial charge in [-0.2, -0.15) is 5.26 Å². The second-order valence-corrected chi connectivity index (χ2v) is 3.83. The standard InChI is InChI=1S/C11H10BrNO3/c1-2-16-11(15)9-3-8(6-14)7(5-13)4-10(9)12/h3-4,14H,2,6H2,1H3. The van der Waals surface area contributed by atoms with E-state index in [1.165, 1.54) is 12.1 Å². The third-order valence-corrected chi connectivity index (χ3v) is 2.64. The summed E-state index contributed by atoms with van der Waals surface area (Å²) in [5.74, 6) is -0.478. The minimum Gasteiger partial charge on any atom is -0.462 e. The topological polar surface area (TPSA) is 70.3 Å². The molecule has 0 atom stereocenters. The Hall–Kier alpha value is -1.38. The number of ether oxygens (including phenoxy) is 1. The number of benzene rings is 1. The van der Waals surface area contributed by atoms with E-state index in [2.05, 4.69) is 15.9 Å². The van der Waals surface area contributed by atoms with Gasteiger partial charge in [0.25, 0.3) is 0 Å². The van der Waals surface area contributed by atoms with Gasteiger partial charge >= 0.3 is 5.97 Å². The minimum absolute atomic E-state index is 0.278. The Morgan fingerprint density at radius 1 is 1.62 bits per heavy atom. The molecule has 0 aliphatic rings. The fraction of sp³-hybridized carbons (Fsp3) is 0.273. The molecule has 0 aromatic heterocycles. The van der Waals surface area contributed by atoms with Crippen molar-refractivity contribution in [1.82, 2.24) is 0 Å². The van der Waals surface area contributed by atoms with E-state index < -0.39 is 5.97 Å². The van der Waals surface area contributed by atoms with Crippen LogP contribution in [0, 0.1) is 11.3 Å². The van der Waals surface area contributed by atoms with Crippen LogP contribution >= 0.6 is 15.9 Å². The highest BCUT2D eigenvalue weighted by Gasteiger charge is 2.14. The van der Waals surface area contributed by atoms with E-state index in [1.807, 2.05) is 6.07 Å². The first-order valence-corrected chi connectivity index (χ1v) is 5.43. The van der Waals surface area contributed by atoms with Crippen LogP contribution in [0.4, 0.5) is 0 Å². The number of hydrogen-bond donors (Lipinski definition) is 1. The fourth-order valence-electron chi connectivity index (χ4n) is 1.22. The molecule has 0 bridgehead atoms. The number of aliphatic hydroxyl groups excluding tert-OH is 1. The van der Waals surface area contributed by atoms with Gasteiger partial charge in [0.1, 0.15) is 0 Å². The average Bonchev–Trinajstić information content (AvgIpc) is 2.28. The summed E-state index contributed by atoms with van der Waals surface area (Å²) in [5, 5.41) is 17.9. The third kappa shape index (κ3) is 2.60. The monoisotopic (exact) mass is 283 g/mol. The zero-order valence-corrected chi connectivity index (χ0v) is 10.2. The quantitative estimate of drug-likeness (QED) is 0.862. The average molecular weight is 284 g/mol. The SMILES string of the molecule is CCOC(=O)c1cc(CO)c(C#N)cc1Br. The first-order chi connectivity index (χ1) is 7.63. The minimum atomic E-state index is -0.478. The van der Waals surface area contributed by atoms with Crippen molar-refractivity contribution in [2.24, 2.45) is 0 Å². The van der Waals surface area contributed by atoms with Crippen LogP contribution in [0.1, 0.15) is 28.4 Å². The van der Waals surface area contributed by atoms with Crippen LogP contribution in [0.3, 0.4) is 0 Å². The summed E-state index contributed by atoms with van der Waals surface area (Å²) in [6.07, 6.45) is 0. The lowest BCUT2D eigenvalue weighted by Crippen LogP contribution is -2.07. The van der Waals surface area contributed by atoms with E-state index in [0.717, 1.165) is 0 Å². The number of carbonyl (C=O) groups excluding carboxylic acids is 1. The number of nitriles is 1. The Balaban J connectivity index is 3.22. The van der Waals surface area contributed by atoms with Crippen molar-refractivity contribution in [3.05, 3.63) is 33.3 Å². The van der Waals surface area contributed by atoms with Gasteiger partial charge in [-0.05, 0) is 40.5 Å². The first kappa shape index (κ1) is 12.7. The van der Waals surface area contributed by atoms with Crippen molar-refractivity contribution in [1.29, 1.82) is 5.26 Å². The summed E-state index contributed by atoms with van der Waals surface area (Å²) >= 11 is 3.19. The van der Waals surface area contributed by atoms with Crippen LogP contribution in [0.5, 0.6) is 0 Å². The van der Waals surface area contributed by atoms with E-state index in [9.17, 15) is 4.79 Å². The van der Waals surface area contributed by atoms with E-state index in [-0.39, 0.29) is 13.2 Å². The Kier molecular flexibility index (Phi) is 4.47. The van der Waals surface area contributed by atoms with Gasteiger partial charge in [0, 0.05) is 4.47 Å². The number of hydrogen-bond acceptors (Lipinski definition) is 4. The second-order valence-electron chi connectivity index (χ2n) is 2.98. The lowest BCUT2D eigenvalue weighted by Gasteiger charge is -2.07. The molecule has 84 valence electrons. The molecule has 1 aromatic carbocycles. The molecular formula is C11H10BrNO3. The molecule has 0 saturated carbocycles. The van der Waals surface area contributed by atoms with Gasteiger partial charge in [0.2, 0.25) is 0 Å². The van der Waals surface area contributed by atoms with Crippen molar-refractivity contribution in [3.8, 4) is 6.07 Å². The number of carbonyl (C=O) groups is 1. The van der Waals surface area contributed by atoms with Crippen molar-refractivity contribution < 1.29 is 14.6 Å². The molecule has 1 rings (SSSR count). The molecular weight excluding hydrogens is 274 g/mol. The molecule has 16 heavy (non-hydrogen) atoms. The Morgan fingerprint density at radius 2 is 2.31 bits per heavy atom. The summed E-state index contributed by atoms with van der Waals surface area (Å²) < 4.78 is 5.33. The number of rotatable bonds is 3. The van der Waals surface area contributed by atoms with Crippen LogP contribution in [0.2, 0.25) is 0 Å². The molecule has 0 amide bonds. The zero-order chi connectivity index (χ0) is 12.1. The van der Waals surface area contributed by atoms with E-state index >= 15 is 0 Å². The van der Waals surface area contributed by atoms with Crippen molar-refractivity contribution in [3.63, 3.8) is 0 Å². The summed E-state index contributed by atoms with van der Waals surface area (Å²) in [6.45, 7) is 1.70. The highest BCUT2D eigenvalue weighted by Crippen LogP contribution is 2.22. The van der Waals surface area contributed by atoms with Gasteiger partial charge in [-0.1, -0.05) is 0 Å². The number of esters is 1. The van der Waals surface area contributed by atoms with Crippen LogP contribution < -0.4 is 0 Å². The molecule has 0 aliphatic carbocycles. The fourth-order valence-corrected chi connectivity index (χ4v) is 1.72. The maximum Gasteiger partial charge on any atom is 0.339 e. The zero-order valence-electron chi connectivity index (χ0n) is 8.66. The van der Waals surface area contributed by atoms with Gasteiger partial charge in [0.15, 0.2) is 0 Å². The smallest absolute Gasteiger partial charge is 0.339 e.